The Morgan fingerprint density at radius 2 is 1.94 bits per heavy atom. The van der Waals surface area contributed by atoms with Gasteiger partial charge in [0.15, 0.2) is 0 Å². The van der Waals surface area contributed by atoms with E-state index in [4.69, 9.17) is 23.2 Å². The van der Waals surface area contributed by atoms with Crippen LogP contribution in [0, 0.1) is 0 Å². The largest absolute Gasteiger partial charge is 0.506 e. The van der Waals surface area contributed by atoms with Crippen LogP contribution in [0.5, 0.6) is 5.75 Å². The topological polar surface area (TPSA) is 63.3 Å². The average molecular weight is 257 g/mol. The van der Waals surface area contributed by atoms with E-state index in [1.54, 1.807) is 6.07 Å². The zero-order chi connectivity index (χ0) is 11.5. The minimum Gasteiger partial charge on any atom is -0.506 e. The summed E-state index contributed by atoms with van der Waals surface area (Å²) in [5, 5.41) is 21.4. The maximum Gasteiger partial charge on any atom is 0.143 e. The van der Waals surface area contributed by atoms with Gasteiger partial charge < -0.3 is 5.11 Å². The highest BCUT2D eigenvalue weighted by Gasteiger charge is 2.05. The lowest BCUT2D eigenvalue weighted by molar-refractivity contribution is 0.474. The predicted octanol–water partition coefficient (Wildman–Crippen LogP) is 2.17. The highest BCUT2D eigenvalue weighted by molar-refractivity contribution is 6.36. The van der Waals surface area contributed by atoms with Gasteiger partial charge in [0.05, 0.1) is 11.2 Å². The molecule has 0 radical (unpaired) electrons. The summed E-state index contributed by atoms with van der Waals surface area (Å²) in [5.74, 6) is -0.0668. The van der Waals surface area contributed by atoms with E-state index < -0.39 is 0 Å². The predicted molar refractivity (Wildman–Crippen MR) is 61.1 cm³/mol. The Balaban J connectivity index is 2.34. The summed E-state index contributed by atoms with van der Waals surface area (Å²) in [4.78, 5) is 0. The molecule has 1 aromatic carbocycles. The number of nitrogens with zero attached hydrogens (tertiary/aromatic N) is 4. The van der Waals surface area contributed by atoms with E-state index >= 15 is 0 Å². The van der Waals surface area contributed by atoms with Crippen molar-refractivity contribution in [3.63, 3.8) is 0 Å². The average Bonchev–Trinajstić information content (AvgIpc) is 2.74. The Labute approximate surface area is 101 Å². The molecule has 1 N–H and O–H groups in total. The van der Waals surface area contributed by atoms with Crippen molar-refractivity contribution >= 4 is 29.4 Å². The summed E-state index contributed by atoms with van der Waals surface area (Å²) in [5.41, 5.74) is 0.422. The molecule has 5 nitrogen and oxygen atoms in total. The minimum atomic E-state index is -0.0668. The fraction of sp³-hybridized carbons (Fsp3) is 0. The molecule has 7 heteroatoms. The van der Waals surface area contributed by atoms with Crippen molar-refractivity contribution in [1.29, 1.82) is 0 Å². The zero-order valence-corrected chi connectivity index (χ0v) is 9.39. The molecule has 0 saturated heterocycles. The highest BCUT2D eigenvalue weighted by atomic mass is 35.5. The Hall–Kier alpha value is -1.59. The number of rotatable bonds is 2. The van der Waals surface area contributed by atoms with Crippen LogP contribution in [-0.4, -0.2) is 26.2 Å². The van der Waals surface area contributed by atoms with Crippen LogP contribution < -0.4 is 0 Å². The van der Waals surface area contributed by atoms with Crippen molar-refractivity contribution in [3.05, 3.63) is 40.4 Å². The van der Waals surface area contributed by atoms with Gasteiger partial charge in [-0.3, -0.25) is 0 Å². The van der Waals surface area contributed by atoms with Crippen molar-refractivity contribution < 1.29 is 5.11 Å². The van der Waals surface area contributed by atoms with E-state index in [1.807, 2.05) is 0 Å². The minimum absolute atomic E-state index is 0.0668. The van der Waals surface area contributed by atoms with Gasteiger partial charge in [0, 0.05) is 10.6 Å². The van der Waals surface area contributed by atoms with Crippen molar-refractivity contribution in [2.24, 2.45) is 5.10 Å². The molecule has 1 aromatic heterocycles. The fourth-order valence-electron chi connectivity index (χ4n) is 1.07. The number of phenolic OH excluding ortho intramolecular Hbond substituents is 1. The van der Waals surface area contributed by atoms with Crippen LogP contribution >= 0.6 is 23.2 Å². The van der Waals surface area contributed by atoms with Gasteiger partial charge in [-0.25, -0.2) is 4.68 Å². The number of phenols is 1. The smallest absolute Gasteiger partial charge is 0.143 e. The van der Waals surface area contributed by atoms with Crippen LogP contribution in [0.2, 0.25) is 10.0 Å². The molecule has 0 bridgehead atoms. The van der Waals surface area contributed by atoms with Gasteiger partial charge in [-0.15, -0.1) is 10.2 Å². The molecule has 0 fully saturated rings. The van der Waals surface area contributed by atoms with E-state index in [0.29, 0.717) is 10.6 Å². The zero-order valence-electron chi connectivity index (χ0n) is 7.88. The Kier molecular flexibility index (Phi) is 3.07. The second-order valence-electron chi connectivity index (χ2n) is 2.91. The van der Waals surface area contributed by atoms with Gasteiger partial charge in [0.25, 0.3) is 0 Å². The van der Waals surface area contributed by atoms with E-state index in [2.05, 4.69) is 15.3 Å². The maximum absolute atomic E-state index is 9.63. The molecule has 0 aliphatic rings. The van der Waals surface area contributed by atoms with E-state index in [0.717, 1.165) is 0 Å². The Bertz CT molecular complexity index is 525. The molecule has 0 unspecified atom stereocenters. The lowest BCUT2D eigenvalue weighted by Gasteiger charge is -2.01. The van der Waals surface area contributed by atoms with Gasteiger partial charge in [-0.05, 0) is 12.1 Å². The maximum atomic E-state index is 9.63. The number of aromatic nitrogens is 3. The summed E-state index contributed by atoms with van der Waals surface area (Å²) in [6.07, 6.45) is 4.25. The monoisotopic (exact) mass is 256 g/mol. The van der Waals surface area contributed by atoms with Crippen LogP contribution in [-0.2, 0) is 0 Å². The third-order valence-corrected chi connectivity index (χ3v) is 2.30. The quantitative estimate of drug-likeness (QED) is 0.838. The van der Waals surface area contributed by atoms with Crippen LogP contribution in [0.4, 0.5) is 0 Å². The van der Waals surface area contributed by atoms with Gasteiger partial charge in [-0.2, -0.15) is 5.10 Å². The number of benzene rings is 1. The van der Waals surface area contributed by atoms with Crippen molar-refractivity contribution in [3.8, 4) is 5.75 Å². The summed E-state index contributed by atoms with van der Waals surface area (Å²) < 4.78 is 1.38. The van der Waals surface area contributed by atoms with E-state index in [1.165, 1.54) is 29.6 Å². The molecule has 0 saturated carbocycles. The van der Waals surface area contributed by atoms with Crippen LogP contribution in [0.25, 0.3) is 0 Å². The number of hydrogen-bond acceptors (Lipinski definition) is 4. The number of halogens is 2. The lowest BCUT2D eigenvalue weighted by Crippen LogP contribution is -1.88. The molecule has 2 aromatic rings. The molecule has 16 heavy (non-hydrogen) atoms. The molecule has 0 spiro atoms. The Morgan fingerprint density at radius 1 is 1.25 bits per heavy atom. The summed E-state index contributed by atoms with van der Waals surface area (Å²) >= 11 is 11.5. The fourth-order valence-corrected chi connectivity index (χ4v) is 1.58. The first-order valence-corrected chi connectivity index (χ1v) is 4.99. The van der Waals surface area contributed by atoms with E-state index in [-0.39, 0.29) is 10.8 Å². The Morgan fingerprint density at radius 3 is 2.62 bits per heavy atom. The SMILES string of the molecule is Oc1c(Cl)cc(Cl)cc1/C=N\n1cnnc1. The van der Waals surface area contributed by atoms with Crippen molar-refractivity contribution in [1.82, 2.24) is 14.9 Å². The molecular weight excluding hydrogens is 251 g/mol. The second-order valence-corrected chi connectivity index (χ2v) is 3.76. The van der Waals surface area contributed by atoms with Gasteiger partial charge in [0.2, 0.25) is 0 Å². The molecule has 0 amide bonds. The standard InChI is InChI=1S/C9H6Cl2N4O/c10-7-1-6(9(16)8(11)2-7)3-14-15-4-12-13-5-15/h1-5,16H/b14-3-. The third-order valence-electron chi connectivity index (χ3n) is 1.79. The number of hydrogen-bond donors (Lipinski definition) is 1. The van der Waals surface area contributed by atoms with Crippen molar-refractivity contribution in [2.75, 3.05) is 0 Å². The van der Waals surface area contributed by atoms with E-state index in [9.17, 15) is 5.11 Å². The first kappa shape index (κ1) is 10.9. The molecule has 1 heterocycles. The second kappa shape index (κ2) is 4.51. The van der Waals surface area contributed by atoms with Gasteiger partial charge >= 0.3 is 0 Å². The first-order valence-electron chi connectivity index (χ1n) is 4.24. The van der Waals surface area contributed by atoms with Gasteiger partial charge in [-0.1, -0.05) is 23.2 Å². The third kappa shape index (κ3) is 2.32. The molecule has 0 aliphatic carbocycles. The normalized spacial score (nSPS) is 11.1. The molecule has 0 aliphatic heterocycles. The lowest BCUT2D eigenvalue weighted by atomic mass is 10.2. The van der Waals surface area contributed by atoms with Gasteiger partial charge in [0.1, 0.15) is 18.4 Å². The van der Waals surface area contributed by atoms with Crippen LogP contribution in [0.3, 0.4) is 0 Å². The summed E-state index contributed by atoms with van der Waals surface area (Å²) in [6, 6.07) is 3.01. The van der Waals surface area contributed by atoms with Crippen LogP contribution in [0.15, 0.2) is 29.9 Å². The van der Waals surface area contributed by atoms with Crippen LogP contribution in [0.1, 0.15) is 5.56 Å². The molecular formula is C9H6Cl2N4O. The first-order chi connectivity index (χ1) is 7.66. The number of aromatic hydroxyl groups is 1. The molecule has 82 valence electrons. The molecule has 0 atom stereocenters. The molecule has 2 rings (SSSR count). The highest BCUT2D eigenvalue weighted by Crippen LogP contribution is 2.29. The summed E-state index contributed by atoms with van der Waals surface area (Å²) in [6.45, 7) is 0. The summed E-state index contributed by atoms with van der Waals surface area (Å²) in [7, 11) is 0. The van der Waals surface area contributed by atoms with Crippen molar-refractivity contribution in [2.45, 2.75) is 0 Å².